The molecule has 1 aliphatic rings. The number of ether oxygens (including phenoxy) is 2. The molecule has 0 radical (unpaired) electrons. The van der Waals surface area contributed by atoms with Crippen molar-refractivity contribution in [2.24, 2.45) is 13.0 Å². The average molecular weight is 576 g/mol. The van der Waals surface area contributed by atoms with Gasteiger partial charge in [0, 0.05) is 52.2 Å². The number of fused-ring (bicyclic) bond motifs is 1. The molecule has 1 aromatic carbocycles. The van der Waals surface area contributed by atoms with Crippen LogP contribution < -0.4 is 10.1 Å². The highest BCUT2D eigenvalue weighted by Crippen LogP contribution is 2.29. The number of hydrogen-bond acceptors (Lipinski definition) is 7. The Morgan fingerprint density at radius 1 is 1.23 bits per heavy atom. The number of likely N-dealkylation sites (N-methyl/N-ethyl adjacent to an activating group) is 1. The molecule has 1 aliphatic heterocycles. The summed E-state index contributed by atoms with van der Waals surface area (Å²) in [5.41, 5.74) is 0.0697. The molecule has 3 atom stereocenters. The van der Waals surface area contributed by atoms with E-state index in [9.17, 15) is 31.2 Å². The van der Waals surface area contributed by atoms with Crippen molar-refractivity contribution in [1.82, 2.24) is 18.8 Å². The van der Waals surface area contributed by atoms with Crippen LogP contribution in [0.5, 0.6) is 5.75 Å². The van der Waals surface area contributed by atoms with Gasteiger partial charge in [-0.1, -0.05) is 6.92 Å². The smallest absolute Gasteiger partial charge is 0.397 e. The Morgan fingerprint density at radius 3 is 2.51 bits per heavy atom. The summed E-state index contributed by atoms with van der Waals surface area (Å²) in [6.07, 6.45) is -4.15. The number of halogens is 3. The summed E-state index contributed by atoms with van der Waals surface area (Å²) in [7, 11) is 0.595. The van der Waals surface area contributed by atoms with Gasteiger partial charge in [-0.25, -0.2) is 13.4 Å². The number of carbonyl (C=O) groups excluding carboxylic acids is 2. The van der Waals surface area contributed by atoms with Crippen LogP contribution in [0.4, 0.5) is 18.9 Å². The Hall–Kier alpha value is -3.17. The normalized spacial score (nSPS) is 21.9. The zero-order valence-corrected chi connectivity index (χ0v) is 23.0. The van der Waals surface area contributed by atoms with Gasteiger partial charge in [-0.05, 0) is 25.0 Å². The molecule has 15 heteroatoms. The van der Waals surface area contributed by atoms with Crippen LogP contribution >= 0.6 is 0 Å². The van der Waals surface area contributed by atoms with Gasteiger partial charge in [-0.3, -0.25) is 9.59 Å². The van der Waals surface area contributed by atoms with Crippen molar-refractivity contribution in [1.29, 1.82) is 0 Å². The number of nitrogens with one attached hydrogen (secondary N) is 1. The standard InChI is InChI=1S/C24H32F3N5O6S/c1-15-10-32(39(35,36)22-12-30(3)14-28-22)16(2)13-38-19-8-17(29-21(33)9-24(25,26)27)6-7-18(19)23(34)31(4)11-20(15)37-5/h6-8,12,14-16,20H,9-11,13H2,1-5H3,(H,29,33)/t15-,16-,20-/m1/s1. The van der Waals surface area contributed by atoms with Gasteiger partial charge < -0.3 is 24.3 Å². The van der Waals surface area contributed by atoms with E-state index in [0.717, 1.165) is 0 Å². The fraction of sp³-hybridized carbons (Fsp3) is 0.542. The number of imidazole rings is 1. The molecule has 0 aliphatic carbocycles. The highest BCUT2D eigenvalue weighted by atomic mass is 32.2. The van der Waals surface area contributed by atoms with Crippen molar-refractivity contribution in [3.05, 3.63) is 36.3 Å². The van der Waals surface area contributed by atoms with Crippen molar-refractivity contribution in [2.45, 2.75) is 43.6 Å². The van der Waals surface area contributed by atoms with Crippen molar-refractivity contribution in [3.63, 3.8) is 0 Å². The van der Waals surface area contributed by atoms with Gasteiger partial charge >= 0.3 is 6.18 Å². The molecule has 39 heavy (non-hydrogen) atoms. The minimum atomic E-state index is -4.69. The van der Waals surface area contributed by atoms with Crippen LogP contribution in [0.15, 0.2) is 35.7 Å². The van der Waals surface area contributed by atoms with E-state index in [0.29, 0.717) is 0 Å². The maximum Gasteiger partial charge on any atom is 0.397 e. The molecule has 2 aromatic rings. The maximum atomic E-state index is 13.6. The first-order chi connectivity index (χ1) is 18.1. The SMILES string of the molecule is CO[C@@H]1CN(C)C(=O)c2ccc(NC(=O)CC(F)(F)F)cc2OC[C@@H](C)N(S(=O)(=O)c2cn(C)cn2)C[C@H]1C. The van der Waals surface area contributed by atoms with Crippen molar-refractivity contribution in [2.75, 3.05) is 39.2 Å². The summed E-state index contributed by atoms with van der Waals surface area (Å²) in [6, 6.07) is 3.12. The fourth-order valence-corrected chi connectivity index (χ4v) is 5.87. The van der Waals surface area contributed by atoms with E-state index < -0.39 is 46.6 Å². The number of alkyl halides is 3. The van der Waals surface area contributed by atoms with Crippen LogP contribution in [-0.2, 0) is 26.6 Å². The second-order valence-electron chi connectivity index (χ2n) is 9.60. The van der Waals surface area contributed by atoms with Gasteiger partial charge in [0.05, 0.1) is 24.0 Å². The number of anilines is 1. The van der Waals surface area contributed by atoms with E-state index in [1.54, 1.807) is 21.0 Å². The number of carbonyl (C=O) groups is 2. The summed E-state index contributed by atoms with van der Waals surface area (Å²) in [6.45, 7) is 3.39. The van der Waals surface area contributed by atoms with Gasteiger partial charge in [0.25, 0.3) is 15.9 Å². The Balaban J connectivity index is 2.00. The first-order valence-corrected chi connectivity index (χ1v) is 13.5. The van der Waals surface area contributed by atoms with Crippen LogP contribution in [0.2, 0.25) is 0 Å². The summed E-state index contributed by atoms with van der Waals surface area (Å²) in [5, 5.41) is 2.00. The number of rotatable bonds is 5. The molecule has 0 unspecified atom stereocenters. The summed E-state index contributed by atoms with van der Waals surface area (Å²) in [5.74, 6) is -2.09. The highest BCUT2D eigenvalue weighted by molar-refractivity contribution is 7.89. The maximum absolute atomic E-state index is 13.6. The van der Waals surface area contributed by atoms with Gasteiger partial charge in [0.1, 0.15) is 18.8 Å². The Kier molecular flexibility index (Phi) is 9.28. The number of sulfonamides is 1. The Labute approximate surface area is 224 Å². The van der Waals surface area contributed by atoms with Crippen molar-refractivity contribution < 1.29 is 40.7 Å². The molecule has 0 bridgehead atoms. The van der Waals surface area contributed by atoms with Crippen LogP contribution in [0.3, 0.4) is 0 Å². The molecule has 1 aromatic heterocycles. The largest absolute Gasteiger partial charge is 0.491 e. The number of benzene rings is 1. The monoisotopic (exact) mass is 575 g/mol. The van der Waals surface area contributed by atoms with Crippen LogP contribution in [0, 0.1) is 5.92 Å². The van der Waals surface area contributed by atoms with Crippen LogP contribution in [-0.4, -0.2) is 91.2 Å². The van der Waals surface area contributed by atoms with E-state index in [4.69, 9.17) is 9.47 Å². The first kappa shape index (κ1) is 30.4. The second kappa shape index (κ2) is 11.9. The molecular formula is C24H32F3N5O6S. The van der Waals surface area contributed by atoms with Gasteiger partial charge in [-0.2, -0.15) is 17.5 Å². The minimum Gasteiger partial charge on any atom is -0.491 e. The quantitative estimate of drug-likeness (QED) is 0.581. The number of nitrogens with zero attached hydrogens (tertiary/aromatic N) is 4. The van der Waals surface area contributed by atoms with E-state index in [1.807, 2.05) is 6.92 Å². The lowest BCUT2D eigenvalue weighted by Crippen LogP contribution is -2.48. The molecule has 2 heterocycles. The van der Waals surface area contributed by atoms with E-state index in [-0.39, 0.29) is 47.6 Å². The summed E-state index contributed by atoms with van der Waals surface area (Å²) in [4.78, 5) is 30.5. The van der Waals surface area contributed by atoms with Crippen molar-refractivity contribution >= 4 is 27.5 Å². The van der Waals surface area contributed by atoms with E-state index in [1.165, 1.54) is 51.6 Å². The van der Waals surface area contributed by atoms with Crippen molar-refractivity contribution in [3.8, 4) is 5.75 Å². The summed E-state index contributed by atoms with van der Waals surface area (Å²) >= 11 is 0. The molecular weight excluding hydrogens is 543 g/mol. The predicted octanol–water partition coefficient (Wildman–Crippen LogP) is 2.51. The zero-order chi connectivity index (χ0) is 29.1. The Morgan fingerprint density at radius 2 is 1.92 bits per heavy atom. The minimum absolute atomic E-state index is 0.0143. The topological polar surface area (TPSA) is 123 Å². The van der Waals surface area contributed by atoms with Crippen LogP contribution in [0.1, 0.15) is 30.6 Å². The third-order valence-electron chi connectivity index (χ3n) is 6.29. The first-order valence-electron chi connectivity index (χ1n) is 12.0. The molecule has 0 spiro atoms. The molecule has 0 fully saturated rings. The molecule has 0 saturated carbocycles. The fourth-order valence-electron chi connectivity index (χ4n) is 4.18. The highest BCUT2D eigenvalue weighted by Gasteiger charge is 2.36. The molecule has 11 nitrogen and oxygen atoms in total. The van der Waals surface area contributed by atoms with Gasteiger partial charge in [-0.15, -0.1) is 0 Å². The number of aryl methyl sites for hydroxylation is 1. The molecule has 2 amide bonds. The molecule has 3 rings (SSSR count). The van der Waals surface area contributed by atoms with E-state index >= 15 is 0 Å². The number of amides is 2. The third-order valence-corrected chi connectivity index (χ3v) is 8.15. The third kappa shape index (κ3) is 7.48. The Bertz CT molecular complexity index is 1300. The second-order valence-corrected chi connectivity index (χ2v) is 11.4. The molecule has 1 N–H and O–H groups in total. The number of aromatic nitrogens is 2. The number of methoxy groups -OCH3 is 1. The number of hydrogen-bond donors (Lipinski definition) is 1. The lowest BCUT2D eigenvalue weighted by Gasteiger charge is -2.35. The van der Waals surface area contributed by atoms with Gasteiger partial charge in [0.15, 0.2) is 5.03 Å². The average Bonchev–Trinajstić information content (AvgIpc) is 3.29. The predicted molar refractivity (Wildman–Crippen MR) is 135 cm³/mol. The zero-order valence-electron chi connectivity index (χ0n) is 22.2. The summed E-state index contributed by atoms with van der Waals surface area (Å²) < 4.78 is 79.2. The van der Waals surface area contributed by atoms with E-state index in [2.05, 4.69) is 10.3 Å². The van der Waals surface area contributed by atoms with Crippen LogP contribution in [0.25, 0.3) is 0 Å². The van der Waals surface area contributed by atoms with Gasteiger partial charge in [0.2, 0.25) is 5.91 Å². The molecule has 216 valence electrons. The molecule has 0 saturated heterocycles. The lowest BCUT2D eigenvalue weighted by molar-refractivity contribution is -0.150. The lowest BCUT2D eigenvalue weighted by atomic mass is 10.0.